The van der Waals surface area contributed by atoms with Crippen LogP contribution in [0.4, 0.5) is 17.1 Å². The van der Waals surface area contributed by atoms with Crippen LogP contribution in [0.2, 0.25) is 0 Å². The maximum atomic E-state index is 12.1. The van der Waals surface area contributed by atoms with E-state index in [1.807, 2.05) is 63.4 Å². The molecule has 3 heteroatoms. The van der Waals surface area contributed by atoms with Crippen LogP contribution >= 0.6 is 0 Å². The maximum absolute atomic E-state index is 12.1. The highest BCUT2D eigenvalue weighted by atomic mass is 16.1. The molecule has 0 saturated carbocycles. The summed E-state index contributed by atoms with van der Waals surface area (Å²) in [5.74, 6) is 0.195. The Hall–Kier alpha value is -2.29. The average Bonchev–Trinajstić information content (AvgIpc) is 2.57. The Morgan fingerprint density at radius 3 is 2.05 bits per heavy atom. The van der Waals surface area contributed by atoms with Crippen molar-refractivity contribution in [3.63, 3.8) is 0 Å². The molecular formula is C19H24N2O. The molecule has 2 aromatic carbocycles. The number of hydrogen-bond acceptors (Lipinski definition) is 2. The topological polar surface area (TPSA) is 32.3 Å². The second-order valence-corrected chi connectivity index (χ2v) is 5.44. The first-order chi connectivity index (χ1) is 10.7. The molecule has 2 rings (SSSR count). The Kier molecular flexibility index (Phi) is 5.59. The Morgan fingerprint density at radius 2 is 1.50 bits per heavy atom. The summed E-state index contributed by atoms with van der Waals surface area (Å²) in [6, 6.07) is 18.2. The second-order valence-electron chi connectivity index (χ2n) is 5.44. The lowest BCUT2D eigenvalue weighted by atomic mass is 10.0. The number of nitrogens with zero attached hydrogens (tertiary/aromatic N) is 1. The van der Waals surface area contributed by atoms with Crippen molar-refractivity contribution in [2.24, 2.45) is 5.92 Å². The maximum Gasteiger partial charge on any atom is 0.227 e. The minimum Gasteiger partial charge on any atom is -0.345 e. The van der Waals surface area contributed by atoms with Gasteiger partial charge in [-0.15, -0.1) is 0 Å². The third kappa shape index (κ3) is 3.88. The molecule has 0 aromatic heterocycles. The molecule has 0 aliphatic heterocycles. The van der Waals surface area contributed by atoms with Crippen LogP contribution < -0.4 is 10.2 Å². The molecule has 1 amide bonds. The van der Waals surface area contributed by atoms with E-state index in [2.05, 4.69) is 22.3 Å². The molecule has 0 bridgehead atoms. The molecule has 0 atom stereocenters. The van der Waals surface area contributed by atoms with Gasteiger partial charge in [-0.05, 0) is 49.2 Å². The van der Waals surface area contributed by atoms with Gasteiger partial charge in [0, 0.05) is 30.0 Å². The molecule has 0 heterocycles. The van der Waals surface area contributed by atoms with Gasteiger partial charge in [0.25, 0.3) is 0 Å². The molecule has 22 heavy (non-hydrogen) atoms. The number of carbonyl (C=O) groups excluding carboxylic acids is 1. The first-order valence-electron chi connectivity index (χ1n) is 7.85. The number of amides is 1. The van der Waals surface area contributed by atoms with Crippen molar-refractivity contribution in [3.05, 3.63) is 54.6 Å². The summed E-state index contributed by atoms with van der Waals surface area (Å²) in [5.41, 5.74) is 3.07. The summed E-state index contributed by atoms with van der Waals surface area (Å²) in [6.07, 6.45) is 1.74. The minimum atomic E-state index is 0.0895. The SMILES string of the molecule is CCC(CC)C(=O)Nc1ccc(N(C)c2ccccc2)cc1. The molecule has 3 nitrogen and oxygen atoms in total. The van der Waals surface area contributed by atoms with E-state index in [4.69, 9.17) is 0 Å². The van der Waals surface area contributed by atoms with E-state index < -0.39 is 0 Å². The fraction of sp³-hybridized carbons (Fsp3) is 0.316. The minimum absolute atomic E-state index is 0.0895. The van der Waals surface area contributed by atoms with Gasteiger partial charge < -0.3 is 10.2 Å². The van der Waals surface area contributed by atoms with E-state index in [0.717, 1.165) is 29.9 Å². The predicted octanol–water partition coefficient (Wildman–Crippen LogP) is 4.83. The second kappa shape index (κ2) is 7.64. The van der Waals surface area contributed by atoms with Gasteiger partial charge in [0.1, 0.15) is 0 Å². The number of benzene rings is 2. The van der Waals surface area contributed by atoms with Crippen molar-refractivity contribution in [3.8, 4) is 0 Å². The van der Waals surface area contributed by atoms with Gasteiger partial charge in [-0.3, -0.25) is 4.79 Å². The number of nitrogens with one attached hydrogen (secondary N) is 1. The largest absolute Gasteiger partial charge is 0.345 e. The van der Waals surface area contributed by atoms with E-state index in [-0.39, 0.29) is 11.8 Å². The molecule has 0 radical (unpaired) electrons. The van der Waals surface area contributed by atoms with E-state index in [9.17, 15) is 4.79 Å². The standard InChI is InChI=1S/C19H24N2O/c1-4-15(5-2)19(22)20-16-11-13-18(14-12-16)21(3)17-9-7-6-8-10-17/h6-15H,4-5H2,1-3H3,(H,20,22). The molecule has 0 aliphatic carbocycles. The lowest BCUT2D eigenvalue weighted by Gasteiger charge is -2.20. The summed E-state index contributed by atoms with van der Waals surface area (Å²) >= 11 is 0. The molecule has 0 unspecified atom stereocenters. The van der Waals surface area contributed by atoms with E-state index >= 15 is 0 Å². The lowest BCUT2D eigenvalue weighted by Crippen LogP contribution is -2.21. The molecule has 0 aliphatic rings. The summed E-state index contributed by atoms with van der Waals surface area (Å²) < 4.78 is 0. The molecule has 0 saturated heterocycles. The zero-order chi connectivity index (χ0) is 15.9. The number of anilines is 3. The third-order valence-corrected chi connectivity index (χ3v) is 4.02. The van der Waals surface area contributed by atoms with Gasteiger partial charge in [0.2, 0.25) is 5.91 Å². The fourth-order valence-electron chi connectivity index (χ4n) is 2.47. The van der Waals surface area contributed by atoms with Crippen LogP contribution in [0.5, 0.6) is 0 Å². The number of carbonyl (C=O) groups is 1. The molecule has 0 fully saturated rings. The quantitative estimate of drug-likeness (QED) is 0.828. The predicted molar refractivity (Wildman–Crippen MR) is 93.6 cm³/mol. The summed E-state index contributed by atoms with van der Waals surface area (Å²) in [5, 5.41) is 2.99. The molecule has 2 aromatic rings. The van der Waals surface area contributed by atoms with Gasteiger partial charge in [0.05, 0.1) is 0 Å². The fourth-order valence-corrected chi connectivity index (χ4v) is 2.47. The van der Waals surface area contributed by atoms with E-state index in [1.165, 1.54) is 0 Å². The summed E-state index contributed by atoms with van der Waals surface area (Å²) in [7, 11) is 2.03. The third-order valence-electron chi connectivity index (χ3n) is 4.02. The first-order valence-corrected chi connectivity index (χ1v) is 7.85. The van der Waals surface area contributed by atoms with Gasteiger partial charge >= 0.3 is 0 Å². The Bertz CT molecular complexity index is 589. The average molecular weight is 296 g/mol. The van der Waals surface area contributed by atoms with Gasteiger partial charge in [-0.1, -0.05) is 32.0 Å². The first kappa shape index (κ1) is 16.1. The number of para-hydroxylation sites is 1. The monoisotopic (exact) mass is 296 g/mol. The van der Waals surface area contributed by atoms with Gasteiger partial charge in [-0.2, -0.15) is 0 Å². The van der Waals surface area contributed by atoms with Crippen molar-refractivity contribution >= 4 is 23.0 Å². The molecule has 116 valence electrons. The summed E-state index contributed by atoms with van der Waals surface area (Å²) in [4.78, 5) is 14.2. The lowest BCUT2D eigenvalue weighted by molar-refractivity contribution is -0.120. The molecule has 1 N–H and O–H groups in total. The Labute approximate surface area is 133 Å². The highest BCUT2D eigenvalue weighted by molar-refractivity contribution is 5.92. The number of hydrogen-bond donors (Lipinski definition) is 1. The Balaban J connectivity index is 2.06. The summed E-state index contributed by atoms with van der Waals surface area (Å²) in [6.45, 7) is 4.09. The van der Waals surface area contributed by atoms with Crippen LogP contribution in [0.15, 0.2) is 54.6 Å². The van der Waals surface area contributed by atoms with Crippen molar-refractivity contribution in [2.45, 2.75) is 26.7 Å². The zero-order valence-corrected chi connectivity index (χ0v) is 13.5. The van der Waals surface area contributed by atoms with E-state index in [0.29, 0.717) is 0 Å². The van der Waals surface area contributed by atoms with Crippen molar-refractivity contribution in [1.82, 2.24) is 0 Å². The smallest absolute Gasteiger partial charge is 0.227 e. The van der Waals surface area contributed by atoms with Gasteiger partial charge in [-0.25, -0.2) is 0 Å². The zero-order valence-electron chi connectivity index (χ0n) is 13.5. The normalized spacial score (nSPS) is 10.5. The highest BCUT2D eigenvalue weighted by Gasteiger charge is 2.14. The van der Waals surface area contributed by atoms with Crippen LogP contribution in [0, 0.1) is 5.92 Å². The van der Waals surface area contributed by atoms with Crippen molar-refractivity contribution < 1.29 is 4.79 Å². The van der Waals surface area contributed by atoms with Crippen LogP contribution in [-0.4, -0.2) is 13.0 Å². The van der Waals surface area contributed by atoms with Crippen molar-refractivity contribution in [2.75, 3.05) is 17.3 Å². The highest BCUT2D eigenvalue weighted by Crippen LogP contribution is 2.24. The van der Waals surface area contributed by atoms with Crippen LogP contribution in [0.1, 0.15) is 26.7 Å². The molecule has 0 spiro atoms. The van der Waals surface area contributed by atoms with Gasteiger partial charge in [0.15, 0.2) is 0 Å². The van der Waals surface area contributed by atoms with Crippen LogP contribution in [0.3, 0.4) is 0 Å². The van der Waals surface area contributed by atoms with Crippen LogP contribution in [-0.2, 0) is 4.79 Å². The Morgan fingerprint density at radius 1 is 0.955 bits per heavy atom. The number of rotatable bonds is 6. The van der Waals surface area contributed by atoms with Crippen molar-refractivity contribution in [1.29, 1.82) is 0 Å². The van der Waals surface area contributed by atoms with E-state index in [1.54, 1.807) is 0 Å². The van der Waals surface area contributed by atoms with Crippen LogP contribution in [0.25, 0.3) is 0 Å². The molecular weight excluding hydrogens is 272 g/mol.